The topological polar surface area (TPSA) is 48.7 Å². The molecule has 0 saturated carbocycles. The van der Waals surface area contributed by atoms with Crippen LogP contribution in [0.15, 0.2) is 4.42 Å². The molecule has 0 aliphatic carbocycles. The minimum absolute atomic E-state index is 0.138. The Kier molecular flexibility index (Phi) is 6.62. The average molecular weight is 296 g/mol. The second-order valence-corrected chi connectivity index (χ2v) is 5.75. The minimum Gasteiger partial charge on any atom is -0.464 e. The number of ether oxygens (including phenoxy) is 2. The van der Waals surface area contributed by atoms with Crippen LogP contribution in [-0.2, 0) is 9.47 Å². The number of carbonyl (C=O) groups excluding carboxylic acids is 1. The first-order chi connectivity index (χ1) is 9.84. The fourth-order valence-corrected chi connectivity index (χ4v) is 2.44. The molecule has 1 heterocycles. The normalized spacial score (nSPS) is 11.9. The van der Waals surface area contributed by atoms with Crippen LogP contribution in [0.5, 0.6) is 0 Å². The molecule has 0 aliphatic heterocycles. The van der Waals surface area contributed by atoms with Gasteiger partial charge in [0.1, 0.15) is 11.5 Å². The minimum atomic E-state index is -0.853. The summed E-state index contributed by atoms with van der Waals surface area (Å²) in [6, 6.07) is 0. The van der Waals surface area contributed by atoms with E-state index < -0.39 is 6.29 Å². The lowest BCUT2D eigenvalue weighted by atomic mass is 9.97. The Morgan fingerprint density at radius 1 is 1.00 bits per heavy atom. The molecule has 4 heteroatoms. The first kappa shape index (κ1) is 17.9. The largest absolute Gasteiger partial charge is 0.464 e. The summed E-state index contributed by atoms with van der Waals surface area (Å²) < 4.78 is 16.9. The first-order valence-electron chi connectivity index (χ1n) is 7.75. The van der Waals surface area contributed by atoms with Crippen molar-refractivity contribution in [2.75, 3.05) is 13.2 Å². The van der Waals surface area contributed by atoms with Crippen LogP contribution in [0.2, 0.25) is 0 Å². The van der Waals surface area contributed by atoms with Crippen molar-refractivity contribution >= 4 is 5.78 Å². The van der Waals surface area contributed by atoms with Gasteiger partial charge < -0.3 is 13.9 Å². The molecule has 1 rings (SSSR count). The number of furan rings is 1. The monoisotopic (exact) mass is 296 g/mol. The van der Waals surface area contributed by atoms with Crippen molar-refractivity contribution in [2.45, 2.75) is 66.6 Å². The van der Waals surface area contributed by atoms with Gasteiger partial charge in [-0.25, -0.2) is 0 Å². The van der Waals surface area contributed by atoms with Gasteiger partial charge in [-0.3, -0.25) is 4.79 Å². The highest BCUT2D eigenvalue weighted by Gasteiger charge is 2.31. The van der Waals surface area contributed by atoms with Gasteiger partial charge >= 0.3 is 0 Å². The average Bonchev–Trinajstić information content (AvgIpc) is 2.75. The second-order valence-electron chi connectivity index (χ2n) is 5.75. The second kappa shape index (κ2) is 7.76. The summed E-state index contributed by atoms with van der Waals surface area (Å²) in [5.41, 5.74) is 1.53. The van der Waals surface area contributed by atoms with Crippen LogP contribution in [0, 0.1) is 6.92 Å². The van der Waals surface area contributed by atoms with Gasteiger partial charge in [0.25, 0.3) is 0 Å². The zero-order valence-corrected chi connectivity index (χ0v) is 14.3. The molecule has 4 nitrogen and oxygen atoms in total. The Hall–Kier alpha value is -1.13. The van der Waals surface area contributed by atoms with E-state index in [1.165, 1.54) is 0 Å². The zero-order valence-electron chi connectivity index (χ0n) is 14.3. The third kappa shape index (κ3) is 3.95. The molecule has 1 aromatic heterocycles. The molecule has 0 aromatic carbocycles. The maximum atomic E-state index is 12.8. The van der Waals surface area contributed by atoms with E-state index in [-0.39, 0.29) is 17.6 Å². The summed E-state index contributed by atoms with van der Waals surface area (Å²) in [4.78, 5) is 12.8. The Labute approximate surface area is 127 Å². The fourth-order valence-electron chi connectivity index (χ4n) is 2.44. The van der Waals surface area contributed by atoms with Crippen molar-refractivity contribution in [3.05, 3.63) is 22.6 Å². The number of rotatable bonds is 8. The predicted octanol–water partition coefficient (Wildman–Crippen LogP) is 4.42. The van der Waals surface area contributed by atoms with Crippen LogP contribution >= 0.6 is 0 Å². The molecule has 1 aromatic rings. The van der Waals surface area contributed by atoms with Gasteiger partial charge in [-0.2, -0.15) is 0 Å². The quantitative estimate of drug-likeness (QED) is 0.526. The predicted molar refractivity (Wildman–Crippen MR) is 83.0 cm³/mol. The van der Waals surface area contributed by atoms with Gasteiger partial charge in [0, 0.05) is 30.6 Å². The van der Waals surface area contributed by atoms with E-state index in [4.69, 9.17) is 13.9 Å². The maximum absolute atomic E-state index is 12.8. The van der Waals surface area contributed by atoms with Gasteiger partial charge in [0.05, 0.1) is 5.56 Å². The summed E-state index contributed by atoms with van der Waals surface area (Å²) >= 11 is 0. The molecule has 0 N–H and O–H groups in total. The number of ketones is 1. The van der Waals surface area contributed by atoms with Crippen molar-refractivity contribution < 1.29 is 18.7 Å². The molecular formula is C17H28O4. The van der Waals surface area contributed by atoms with Crippen molar-refractivity contribution in [3.8, 4) is 0 Å². The van der Waals surface area contributed by atoms with Crippen molar-refractivity contribution in [2.24, 2.45) is 0 Å². The van der Waals surface area contributed by atoms with E-state index in [1.807, 2.05) is 34.6 Å². The Morgan fingerprint density at radius 2 is 1.48 bits per heavy atom. The number of hydrogen-bond acceptors (Lipinski definition) is 4. The van der Waals surface area contributed by atoms with Gasteiger partial charge in [-0.05, 0) is 20.8 Å². The summed E-state index contributed by atoms with van der Waals surface area (Å²) in [6.07, 6.45) is -0.853. The molecule has 0 spiro atoms. The number of Topliss-reactive ketones (excluding diaryl/α,β-unsaturated/α-hetero) is 1. The fraction of sp³-hybridized carbons (Fsp3) is 0.706. The van der Waals surface area contributed by atoms with E-state index in [1.54, 1.807) is 0 Å². The molecular weight excluding hydrogens is 268 g/mol. The molecule has 21 heavy (non-hydrogen) atoms. The standard InChI is InChI=1S/C17H28O4/c1-8-19-17(20-9-2)14(18)13-12(7)15(10(3)4)21-16(13)11(5)6/h10-11,17H,8-9H2,1-7H3. The van der Waals surface area contributed by atoms with Gasteiger partial charge in [-0.15, -0.1) is 0 Å². The van der Waals surface area contributed by atoms with Crippen LogP contribution in [0.4, 0.5) is 0 Å². The molecule has 0 radical (unpaired) electrons. The number of hydrogen-bond donors (Lipinski definition) is 0. The summed E-state index contributed by atoms with van der Waals surface area (Å²) in [5.74, 6) is 1.83. The van der Waals surface area contributed by atoms with E-state index in [0.717, 1.165) is 17.1 Å². The lowest BCUT2D eigenvalue weighted by molar-refractivity contribution is -0.107. The highest BCUT2D eigenvalue weighted by molar-refractivity contribution is 6.01. The third-order valence-corrected chi connectivity index (χ3v) is 3.36. The summed E-state index contributed by atoms with van der Waals surface area (Å²) in [5, 5.41) is 0. The lowest BCUT2D eigenvalue weighted by Crippen LogP contribution is -2.28. The van der Waals surface area contributed by atoms with Gasteiger partial charge in [-0.1, -0.05) is 27.7 Å². The maximum Gasteiger partial charge on any atom is 0.222 e. The molecule has 0 saturated heterocycles. The first-order valence-corrected chi connectivity index (χ1v) is 7.75. The molecule has 0 aliphatic rings. The van der Waals surface area contributed by atoms with Crippen LogP contribution in [-0.4, -0.2) is 25.3 Å². The molecule has 0 fully saturated rings. The van der Waals surface area contributed by atoms with Crippen LogP contribution in [0.1, 0.15) is 80.8 Å². The van der Waals surface area contributed by atoms with Crippen molar-refractivity contribution in [1.82, 2.24) is 0 Å². The third-order valence-electron chi connectivity index (χ3n) is 3.36. The Morgan fingerprint density at radius 3 is 1.86 bits per heavy atom. The van der Waals surface area contributed by atoms with Gasteiger partial charge in [0.2, 0.25) is 12.1 Å². The van der Waals surface area contributed by atoms with E-state index >= 15 is 0 Å². The van der Waals surface area contributed by atoms with Crippen LogP contribution < -0.4 is 0 Å². The Balaban J connectivity index is 3.28. The molecule has 0 unspecified atom stereocenters. The van der Waals surface area contributed by atoms with E-state index in [9.17, 15) is 4.79 Å². The van der Waals surface area contributed by atoms with Crippen molar-refractivity contribution in [3.63, 3.8) is 0 Å². The molecule has 0 bridgehead atoms. The van der Waals surface area contributed by atoms with Gasteiger partial charge in [0.15, 0.2) is 0 Å². The highest BCUT2D eigenvalue weighted by atomic mass is 16.7. The van der Waals surface area contributed by atoms with E-state index in [2.05, 4.69) is 13.8 Å². The summed E-state index contributed by atoms with van der Waals surface area (Å²) in [7, 11) is 0. The van der Waals surface area contributed by atoms with Crippen LogP contribution in [0.3, 0.4) is 0 Å². The SMILES string of the molecule is CCOC(OCC)C(=O)c1c(C(C)C)oc(C(C)C)c1C. The summed E-state index contributed by atoms with van der Waals surface area (Å²) in [6.45, 7) is 14.7. The smallest absolute Gasteiger partial charge is 0.222 e. The number of carbonyl (C=O) groups is 1. The molecule has 0 amide bonds. The Bertz CT molecular complexity index is 465. The van der Waals surface area contributed by atoms with Crippen LogP contribution in [0.25, 0.3) is 0 Å². The van der Waals surface area contributed by atoms with E-state index in [0.29, 0.717) is 18.8 Å². The highest BCUT2D eigenvalue weighted by Crippen LogP contribution is 2.33. The molecule has 0 atom stereocenters. The molecule has 120 valence electrons. The zero-order chi connectivity index (χ0) is 16.2. The lowest BCUT2D eigenvalue weighted by Gasteiger charge is -2.16. The van der Waals surface area contributed by atoms with Crippen molar-refractivity contribution in [1.29, 1.82) is 0 Å².